The molecule has 14 heavy (non-hydrogen) atoms. The fourth-order valence-electron chi connectivity index (χ4n) is 1.25. The first kappa shape index (κ1) is 11.0. The second-order valence-corrected chi connectivity index (χ2v) is 3.43. The Kier molecular flexibility index (Phi) is 3.90. The maximum Gasteiger partial charge on any atom is 0.185 e. The van der Waals surface area contributed by atoms with E-state index in [1.54, 1.807) is 24.3 Å². The van der Waals surface area contributed by atoms with Gasteiger partial charge in [-0.15, -0.1) is 0 Å². The van der Waals surface area contributed by atoms with Crippen molar-refractivity contribution in [3.05, 3.63) is 46.5 Å². The SMILES string of the molecule is CC=CC(=O)c1ccc(Cl)c(CC)c1. The highest BCUT2D eigenvalue weighted by molar-refractivity contribution is 6.31. The molecule has 0 aliphatic carbocycles. The second-order valence-electron chi connectivity index (χ2n) is 3.02. The zero-order valence-corrected chi connectivity index (χ0v) is 9.14. The van der Waals surface area contributed by atoms with Crippen LogP contribution in [0.25, 0.3) is 0 Å². The highest BCUT2D eigenvalue weighted by Crippen LogP contribution is 2.18. The van der Waals surface area contributed by atoms with Gasteiger partial charge in [0.25, 0.3) is 0 Å². The maximum atomic E-state index is 11.5. The van der Waals surface area contributed by atoms with Gasteiger partial charge >= 0.3 is 0 Å². The van der Waals surface area contributed by atoms with Gasteiger partial charge < -0.3 is 0 Å². The molecule has 0 aromatic heterocycles. The monoisotopic (exact) mass is 208 g/mol. The smallest absolute Gasteiger partial charge is 0.185 e. The van der Waals surface area contributed by atoms with Crippen LogP contribution in [0, 0.1) is 0 Å². The molecule has 0 fully saturated rings. The largest absolute Gasteiger partial charge is 0.289 e. The molecule has 1 rings (SSSR count). The van der Waals surface area contributed by atoms with Gasteiger partial charge in [0.2, 0.25) is 0 Å². The van der Waals surface area contributed by atoms with Crippen LogP contribution in [-0.2, 0) is 6.42 Å². The van der Waals surface area contributed by atoms with Crippen molar-refractivity contribution in [2.24, 2.45) is 0 Å². The normalized spacial score (nSPS) is 10.8. The van der Waals surface area contributed by atoms with E-state index in [-0.39, 0.29) is 5.78 Å². The number of carbonyl (C=O) groups is 1. The van der Waals surface area contributed by atoms with Gasteiger partial charge in [-0.2, -0.15) is 0 Å². The second kappa shape index (κ2) is 4.97. The lowest BCUT2D eigenvalue weighted by Crippen LogP contribution is -1.95. The average molecular weight is 209 g/mol. The van der Waals surface area contributed by atoms with Crippen molar-refractivity contribution in [1.29, 1.82) is 0 Å². The Hall–Kier alpha value is -1.08. The van der Waals surface area contributed by atoms with E-state index >= 15 is 0 Å². The Morgan fingerprint density at radius 2 is 2.21 bits per heavy atom. The van der Waals surface area contributed by atoms with Crippen LogP contribution in [-0.4, -0.2) is 5.78 Å². The standard InChI is InChI=1S/C12H13ClO/c1-3-5-12(14)10-6-7-11(13)9(4-2)8-10/h3,5-8H,4H2,1-2H3. The maximum absolute atomic E-state index is 11.5. The molecule has 0 radical (unpaired) electrons. The Morgan fingerprint density at radius 1 is 1.50 bits per heavy atom. The molecule has 0 spiro atoms. The fourth-order valence-corrected chi connectivity index (χ4v) is 1.50. The molecule has 0 aliphatic rings. The quantitative estimate of drug-likeness (QED) is 0.547. The molecule has 0 atom stereocenters. The Labute approximate surface area is 89.4 Å². The van der Waals surface area contributed by atoms with E-state index in [9.17, 15) is 4.79 Å². The van der Waals surface area contributed by atoms with E-state index in [1.165, 1.54) is 0 Å². The topological polar surface area (TPSA) is 17.1 Å². The zero-order valence-electron chi connectivity index (χ0n) is 8.38. The van der Waals surface area contributed by atoms with Crippen LogP contribution < -0.4 is 0 Å². The number of ketones is 1. The summed E-state index contributed by atoms with van der Waals surface area (Å²) in [7, 11) is 0. The summed E-state index contributed by atoms with van der Waals surface area (Å²) in [6.45, 7) is 3.85. The molecule has 1 nitrogen and oxygen atoms in total. The molecular weight excluding hydrogens is 196 g/mol. The molecule has 0 N–H and O–H groups in total. The number of hydrogen-bond donors (Lipinski definition) is 0. The van der Waals surface area contributed by atoms with E-state index in [0.29, 0.717) is 5.56 Å². The molecule has 1 aromatic carbocycles. The number of rotatable bonds is 3. The van der Waals surface area contributed by atoms with Crippen LogP contribution in [0.2, 0.25) is 5.02 Å². The first-order valence-electron chi connectivity index (χ1n) is 4.64. The summed E-state index contributed by atoms with van der Waals surface area (Å²) in [6, 6.07) is 5.38. The molecule has 74 valence electrons. The number of aryl methyl sites for hydroxylation is 1. The summed E-state index contributed by atoms with van der Waals surface area (Å²) in [5.74, 6) is 0.0267. The highest BCUT2D eigenvalue weighted by atomic mass is 35.5. The summed E-state index contributed by atoms with van der Waals surface area (Å²) in [6.07, 6.45) is 4.14. The van der Waals surface area contributed by atoms with Gasteiger partial charge in [-0.05, 0) is 43.2 Å². The molecule has 0 heterocycles. The van der Waals surface area contributed by atoms with E-state index in [4.69, 9.17) is 11.6 Å². The van der Waals surface area contributed by atoms with Crippen molar-refractivity contribution >= 4 is 17.4 Å². The van der Waals surface area contributed by atoms with E-state index < -0.39 is 0 Å². The average Bonchev–Trinajstić information content (AvgIpc) is 2.19. The minimum Gasteiger partial charge on any atom is -0.289 e. The molecule has 0 saturated heterocycles. The third kappa shape index (κ3) is 2.46. The first-order chi connectivity index (χ1) is 6.69. The van der Waals surface area contributed by atoms with Crippen molar-refractivity contribution < 1.29 is 4.79 Å². The number of allylic oxidation sites excluding steroid dienone is 2. The van der Waals surface area contributed by atoms with Gasteiger partial charge in [-0.3, -0.25) is 4.79 Å². The lowest BCUT2D eigenvalue weighted by Gasteiger charge is -2.02. The van der Waals surface area contributed by atoms with E-state index in [2.05, 4.69) is 0 Å². The summed E-state index contributed by atoms with van der Waals surface area (Å²) >= 11 is 5.95. The fraction of sp³-hybridized carbons (Fsp3) is 0.250. The van der Waals surface area contributed by atoms with E-state index in [0.717, 1.165) is 17.0 Å². The molecule has 2 heteroatoms. The first-order valence-corrected chi connectivity index (χ1v) is 5.02. The van der Waals surface area contributed by atoms with Gasteiger partial charge in [0.15, 0.2) is 5.78 Å². The number of halogens is 1. The lowest BCUT2D eigenvalue weighted by atomic mass is 10.1. The molecular formula is C12H13ClO. The minimum absolute atomic E-state index is 0.0267. The number of hydrogen-bond acceptors (Lipinski definition) is 1. The van der Waals surface area contributed by atoms with Gasteiger partial charge in [0.1, 0.15) is 0 Å². The van der Waals surface area contributed by atoms with Crippen molar-refractivity contribution in [3.8, 4) is 0 Å². The van der Waals surface area contributed by atoms with Crippen molar-refractivity contribution in [2.75, 3.05) is 0 Å². The van der Waals surface area contributed by atoms with Crippen LogP contribution in [0.1, 0.15) is 29.8 Å². The Balaban J connectivity index is 3.06. The Morgan fingerprint density at radius 3 is 2.79 bits per heavy atom. The number of benzene rings is 1. The van der Waals surface area contributed by atoms with Crippen LogP contribution in [0.3, 0.4) is 0 Å². The zero-order chi connectivity index (χ0) is 10.6. The van der Waals surface area contributed by atoms with Crippen LogP contribution in [0.4, 0.5) is 0 Å². The third-order valence-electron chi connectivity index (χ3n) is 2.03. The van der Waals surface area contributed by atoms with Crippen molar-refractivity contribution in [3.63, 3.8) is 0 Å². The minimum atomic E-state index is 0.0267. The molecule has 0 amide bonds. The van der Waals surface area contributed by atoms with Crippen LogP contribution in [0.5, 0.6) is 0 Å². The van der Waals surface area contributed by atoms with Crippen LogP contribution in [0.15, 0.2) is 30.4 Å². The van der Waals surface area contributed by atoms with Crippen molar-refractivity contribution in [1.82, 2.24) is 0 Å². The third-order valence-corrected chi connectivity index (χ3v) is 2.40. The molecule has 0 aliphatic heterocycles. The summed E-state index contributed by atoms with van der Waals surface area (Å²) in [4.78, 5) is 11.5. The summed E-state index contributed by atoms with van der Waals surface area (Å²) in [5, 5.41) is 0.726. The summed E-state index contributed by atoms with van der Waals surface area (Å²) in [5.41, 5.74) is 1.71. The Bertz CT molecular complexity index is 367. The molecule has 0 unspecified atom stereocenters. The predicted octanol–water partition coefficient (Wildman–Crippen LogP) is 3.66. The van der Waals surface area contributed by atoms with Crippen molar-refractivity contribution in [2.45, 2.75) is 20.3 Å². The molecule has 0 bridgehead atoms. The lowest BCUT2D eigenvalue weighted by molar-refractivity contribution is 0.104. The highest BCUT2D eigenvalue weighted by Gasteiger charge is 2.04. The van der Waals surface area contributed by atoms with Gasteiger partial charge in [0, 0.05) is 10.6 Å². The van der Waals surface area contributed by atoms with Crippen LogP contribution >= 0.6 is 11.6 Å². The molecule has 0 saturated carbocycles. The van der Waals surface area contributed by atoms with E-state index in [1.807, 2.05) is 19.9 Å². The molecule has 1 aromatic rings. The van der Waals surface area contributed by atoms with Gasteiger partial charge in [-0.1, -0.05) is 24.6 Å². The van der Waals surface area contributed by atoms with Gasteiger partial charge in [0.05, 0.1) is 0 Å². The predicted molar refractivity (Wildman–Crippen MR) is 60.0 cm³/mol. The van der Waals surface area contributed by atoms with Gasteiger partial charge in [-0.25, -0.2) is 0 Å². The summed E-state index contributed by atoms with van der Waals surface area (Å²) < 4.78 is 0. The number of carbonyl (C=O) groups excluding carboxylic acids is 1.